The Morgan fingerprint density at radius 2 is 2.07 bits per heavy atom. The molecule has 7 nitrogen and oxygen atoms in total. The molecule has 1 aromatic heterocycles. The van der Waals surface area contributed by atoms with Crippen molar-refractivity contribution in [3.8, 4) is 17.6 Å². The van der Waals surface area contributed by atoms with Gasteiger partial charge in [-0.3, -0.25) is 9.59 Å². The molecule has 1 saturated heterocycles. The third kappa shape index (κ3) is 3.91. The number of hydrogen-bond donors (Lipinski definition) is 2. The standard InChI is InChI=1S/C23H22N4O3/c24-12-17-2-1-9-27(17)23(29)21(25)10-16-13-26-22-8-7-19(11-20(16)22)30-18-5-3-15(14-28)4-6-18/h3-8,11,13-14,17,21,26H,1-2,9-10,25H2. The fourth-order valence-electron chi connectivity index (χ4n) is 3.84. The third-order valence-electron chi connectivity index (χ3n) is 5.43. The number of H-pyrrole nitrogens is 1. The Labute approximate surface area is 174 Å². The van der Waals surface area contributed by atoms with Crippen LogP contribution in [0, 0.1) is 11.3 Å². The minimum atomic E-state index is -0.710. The summed E-state index contributed by atoms with van der Waals surface area (Å²) in [5, 5.41) is 10.2. The lowest BCUT2D eigenvalue weighted by molar-refractivity contribution is -0.132. The first-order valence-corrected chi connectivity index (χ1v) is 9.88. The van der Waals surface area contributed by atoms with Crippen LogP contribution in [0.2, 0.25) is 0 Å². The van der Waals surface area contributed by atoms with E-state index in [1.54, 1.807) is 29.2 Å². The van der Waals surface area contributed by atoms with Crippen molar-refractivity contribution in [2.24, 2.45) is 5.73 Å². The molecule has 4 rings (SSSR count). The summed E-state index contributed by atoms with van der Waals surface area (Å²) in [6.07, 6.45) is 4.54. The molecular weight excluding hydrogens is 380 g/mol. The number of nitrogens with one attached hydrogen (secondary N) is 1. The molecule has 3 N–H and O–H groups in total. The van der Waals surface area contributed by atoms with Crippen LogP contribution in [0.25, 0.3) is 10.9 Å². The van der Waals surface area contributed by atoms with Gasteiger partial charge in [0, 0.05) is 29.2 Å². The Balaban J connectivity index is 1.51. The van der Waals surface area contributed by atoms with E-state index in [9.17, 15) is 14.9 Å². The minimum Gasteiger partial charge on any atom is -0.457 e. The molecule has 2 unspecified atom stereocenters. The van der Waals surface area contributed by atoms with E-state index >= 15 is 0 Å². The fraction of sp³-hybridized carbons (Fsp3) is 0.261. The number of nitrogens with zero attached hydrogens (tertiary/aromatic N) is 2. The number of fused-ring (bicyclic) bond motifs is 1. The number of aromatic amines is 1. The number of likely N-dealkylation sites (tertiary alicyclic amines) is 1. The van der Waals surface area contributed by atoms with E-state index in [0.717, 1.165) is 29.2 Å². The Hall–Kier alpha value is -3.63. The van der Waals surface area contributed by atoms with Crippen molar-refractivity contribution in [1.82, 2.24) is 9.88 Å². The van der Waals surface area contributed by atoms with Gasteiger partial charge in [-0.25, -0.2) is 0 Å². The fourth-order valence-corrected chi connectivity index (χ4v) is 3.84. The lowest BCUT2D eigenvalue weighted by atomic mass is 10.0. The van der Waals surface area contributed by atoms with Crippen LogP contribution >= 0.6 is 0 Å². The number of ether oxygens (including phenoxy) is 1. The highest BCUT2D eigenvalue weighted by atomic mass is 16.5. The van der Waals surface area contributed by atoms with Crippen molar-refractivity contribution in [2.45, 2.75) is 31.3 Å². The zero-order valence-electron chi connectivity index (χ0n) is 16.4. The van der Waals surface area contributed by atoms with Crippen molar-refractivity contribution in [1.29, 1.82) is 5.26 Å². The maximum absolute atomic E-state index is 12.7. The van der Waals surface area contributed by atoms with Crippen LogP contribution in [-0.4, -0.2) is 40.7 Å². The number of amides is 1. The molecule has 30 heavy (non-hydrogen) atoms. The predicted octanol–water partition coefficient (Wildman–Crippen LogP) is 3.16. The molecule has 1 aliphatic heterocycles. The zero-order chi connectivity index (χ0) is 21.1. The molecule has 2 atom stereocenters. The van der Waals surface area contributed by atoms with Crippen molar-refractivity contribution in [3.05, 3.63) is 59.8 Å². The molecule has 0 bridgehead atoms. The van der Waals surface area contributed by atoms with Gasteiger partial charge in [0.1, 0.15) is 23.8 Å². The first-order valence-electron chi connectivity index (χ1n) is 9.88. The van der Waals surface area contributed by atoms with Gasteiger partial charge in [-0.2, -0.15) is 5.26 Å². The highest BCUT2D eigenvalue weighted by molar-refractivity contribution is 5.87. The molecular formula is C23H22N4O3. The van der Waals surface area contributed by atoms with Gasteiger partial charge >= 0.3 is 0 Å². The summed E-state index contributed by atoms with van der Waals surface area (Å²) >= 11 is 0. The first-order chi connectivity index (χ1) is 14.6. The SMILES string of the molecule is N#CC1CCCN1C(=O)C(N)Cc1c[nH]c2ccc(Oc3ccc(C=O)cc3)cc12. The quantitative estimate of drug-likeness (QED) is 0.615. The van der Waals surface area contributed by atoms with E-state index in [0.29, 0.717) is 36.4 Å². The molecule has 0 saturated carbocycles. The molecule has 2 heterocycles. The van der Waals surface area contributed by atoms with Crippen LogP contribution in [0.15, 0.2) is 48.7 Å². The van der Waals surface area contributed by atoms with Crippen LogP contribution in [0.4, 0.5) is 0 Å². The highest BCUT2D eigenvalue weighted by Crippen LogP contribution is 2.28. The molecule has 0 spiro atoms. The second-order valence-corrected chi connectivity index (χ2v) is 7.44. The van der Waals surface area contributed by atoms with Gasteiger partial charge in [0.25, 0.3) is 0 Å². The molecule has 0 radical (unpaired) electrons. The number of nitriles is 1. The summed E-state index contributed by atoms with van der Waals surface area (Å²) < 4.78 is 5.90. The van der Waals surface area contributed by atoms with Gasteiger partial charge in [-0.05, 0) is 67.3 Å². The van der Waals surface area contributed by atoms with E-state index in [1.807, 2.05) is 24.4 Å². The van der Waals surface area contributed by atoms with Gasteiger partial charge in [0.15, 0.2) is 0 Å². The molecule has 1 aliphatic rings. The Morgan fingerprint density at radius 1 is 1.30 bits per heavy atom. The monoisotopic (exact) mass is 402 g/mol. The van der Waals surface area contributed by atoms with E-state index in [4.69, 9.17) is 10.5 Å². The number of aromatic nitrogens is 1. The van der Waals surface area contributed by atoms with Gasteiger partial charge in [0.2, 0.25) is 5.91 Å². The molecule has 3 aromatic rings. The second-order valence-electron chi connectivity index (χ2n) is 7.44. The maximum Gasteiger partial charge on any atom is 0.240 e. The largest absolute Gasteiger partial charge is 0.457 e. The average molecular weight is 402 g/mol. The summed E-state index contributed by atoms with van der Waals surface area (Å²) in [5.74, 6) is 1.09. The summed E-state index contributed by atoms with van der Waals surface area (Å²) in [6, 6.07) is 13.6. The lowest BCUT2D eigenvalue weighted by Gasteiger charge is -2.23. The van der Waals surface area contributed by atoms with Crippen LogP contribution < -0.4 is 10.5 Å². The molecule has 1 fully saturated rings. The van der Waals surface area contributed by atoms with Crippen molar-refractivity contribution < 1.29 is 14.3 Å². The number of nitrogens with two attached hydrogens (primary N) is 1. The molecule has 0 aliphatic carbocycles. The third-order valence-corrected chi connectivity index (χ3v) is 5.43. The van der Waals surface area contributed by atoms with Crippen molar-refractivity contribution in [3.63, 3.8) is 0 Å². The number of carbonyl (C=O) groups is 2. The van der Waals surface area contributed by atoms with Gasteiger partial charge < -0.3 is 20.4 Å². The molecule has 152 valence electrons. The molecule has 7 heteroatoms. The summed E-state index contributed by atoms with van der Waals surface area (Å²) in [5.41, 5.74) is 8.63. The Bertz CT molecular complexity index is 1110. The van der Waals surface area contributed by atoms with Crippen LogP contribution in [0.5, 0.6) is 11.5 Å². The van der Waals surface area contributed by atoms with Crippen molar-refractivity contribution >= 4 is 23.1 Å². The normalized spacial score (nSPS) is 16.9. The summed E-state index contributed by atoms with van der Waals surface area (Å²) in [7, 11) is 0. The average Bonchev–Trinajstić information content (AvgIpc) is 3.40. The smallest absolute Gasteiger partial charge is 0.240 e. The van der Waals surface area contributed by atoms with Gasteiger partial charge in [-0.1, -0.05) is 0 Å². The van der Waals surface area contributed by atoms with E-state index in [2.05, 4.69) is 11.1 Å². The zero-order valence-corrected chi connectivity index (χ0v) is 16.4. The number of hydrogen-bond acceptors (Lipinski definition) is 5. The minimum absolute atomic E-state index is 0.184. The molecule has 1 amide bonds. The van der Waals surface area contributed by atoms with Crippen LogP contribution in [0.3, 0.4) is 0 Å². The van der Waals surface area contributed by atoms with Crippen LogP contribution in [0.1, 0.15) is 28.8 Å². The van der Waals surface area contributed by atoms with E-state index < -0.39 is 6.04 Å². The van der Waals surface area contributed by atoms with Crippen molar-refractivity contribution in [2.75, 3.05) is 6.54 Å². The summed E-state index contributed by atoms with van der Waals surface area (Å²) in [6.45, 7) is 0.583. The van der Waals surface area contributed by atoms with Gasteiger partial charge in [0.05, 0.1) is 12.1 Å². The lowest BCUT2D eigenvalue weighted by Crippen LogP contribution is -2.46. The topological polar surface area (TPSA) is 112 Å². The number of carbonyl (C=O) groups excluding carboxylic acids is 2. The highest BCUT2D eigenvalue weighted by Gasteiger charge is 2.31. The first kappa shape index (κ1) is 19.7. The predicted molar refractivity (Wildman–Crippen MR) is 112 cm³/mol. The van der Waals surface area contributed by atoms with Crippen LogP contribution in [-0.2, 0) is 11.2 Å². The Kier molecular flexibility index (Phi) is 5.50. The number of aldehydes is 1. The number of rotatable bonds is 6. The summed E-state index contributed by atoms with van der Waals surface area (Å²) in [4.78, 5) is 28.3. The number of benzene rings is 2. The van der Waals surface area contributed by atoms with E-state index in [-0.39, 0.29) is 11.9 Å². The second kappa shape index (κ2) is 8.39. The molecule has 2 aromatic carbocycles. The maximum atomic E-state index is 12.7. The van der Waals surface area contributed by atoms with Gasteiger partial charge in [-0.15, -0.1) is 0 Å². The Morgan fingerprint density at radius 3 is 2.80 bits per heavy atom. The van der Waals surface area contributed by atoms with E-state index in [1.165, 1.54) is 0 Å².